The first-order chi connectivity index (χ1) is 5.68. The van der Waals surface area contributed by atoms with E-state index in [4.69, 9.17) is 5.73 Å². The maximum atomic E-state index is 5.74. The van der Waals surface area contributed by atoms with E-state index in [0.717, 1.165) is 16.0 Å². The highest BCUT2D eigenvalue weighted by Gasteiger charge is 2.15. The van der Waals surface area contributed by atoms with Crippen LogP contribution >= 0.6 is 22.6 Å². The van der Waals surface area contributed by atoms with Crippen molar-refractivity contribution in [3.05, 3.63) is 28.8 Å². The van der Waals surface area contributed by atoms with E-state index in [-0.39, 0.29) is 0 Å². The molecule has 0 aliphatic carbocycles. The van der Waals surface area contributed by atoms with E-state index in [0.29, 0.717) is 0 Å². The monoisotopic (exact) mass is 272 g/mol. The number of nitrogen functional groups attached to an aromatic ring is 1. The summed E-state index contributed by atoms with van der Waals surface area (Å²) in [4.78, 5) is 4.35. The Morgan fingerprint density at radius 3 is 3.00 bits per heavy atom. The van der Waals surface area contributed by atoms with E-state index in [2.05, 4.69) is 34.5 Å². The molecule has 0 spiro atoms. The number of rotatable bonds is 0. The normalized spacial score (nSPS) is 14.3. The molecule has 12 heavy (non-hydrogen) atoms. The van der Waals surface area contributed by atoms with Gasteiger partial charge in [0.2, 0.25) is 0 Å². The minimum Gasteiger partial charge on any atom is -0.399 e. The topological polar surface area (TPSA) is 38.4 Å². The Hall–Kier alpha value is -0.580. The molecule has 3 heteroatoms. The summed E-state index contributed by atoms with van der Waals surface area (Å²) in [7, 11) is 0. The van der Waals surface area contributed by atoms with Crippen molar-refractivity contribution in [2.24, 2.45) is 4.99 Å². The highest BCUT2D eigenvalue weighted by atomic mass is 127. The molecule has 1 aromatic rings. The van der Waals surface area contributed by atoms with Crippen LogP contribution in [0.3, 0.4) is 0 Å². The molecule has 0 saturated carbocycles. The van der Waals surface area contributed by atoms with Gasteiger partial charge in [-0.2, -0.15) is 0 Å². The van der Waals surface area contributed by atoms with Crippen LogP contribution in [0.2, 0.25) is 0 Å². The standard InChI is InChI=1S/C9H9IN2/c1-5-2-6(11)3-7-8(5)4-12-9(7)10/h2-3H,4,11H2,1H3. The fraction of sp³-hybridized carbons (Fsp3) is 0.222. The van der Waals surface area contributed by atoms with Crippen LogP contribution in [-0.4, -0.2) is 3.72 Å². The number of halogens is 1. The first kappa shape index (κ1) is 8.04. The molecule has 0 saturated heterocycles. The summed E-state index contributed by atoms with van der Waals surface area (Å²) in [5.74, 6) is 0. The van der Waals surface area contributed by atoms with Crippen molar-refractivity contribution in [3.8, 4) is 0 Å². The van der Waals surface area contributed by atoms with E-state index in [1.54, 1.807) is 0 Å². The fourth-order valence-corrected chi connectivity index (χ4v) is 2.12. The minimum absolute atomic E-state index is 0.819. The molecule has 2 N–H and O–H groups in total. The highest BCUT2D eigenvalue weighted by molar-refractivity contribution is 14.1. The zero-order valence-corrected chi connectivity index (χ0v) is 8.92. The fourth-order valence-electron chi connectivity index (χ4n) is 1.47. The molecular formula is C9H9IN2. The molecule has 1 heterocycles. The second-order valence-electron chi connectivity index (χ2n) is 2.97. The van der Waals surface area contributed by atoms with Gasteiger partial charge < -0.3 is 5.73 Å². The highest BCUT2D eigenvalue weighted by Crippen LogP contribution is 2.27. The molecule has 0 fully saturated rings. The maximum absolute atomic E-state index is 5.74. The van der Waals surface area contributed by atoms with E-state index in [9.17, 15) is 0 Å². The lowest BCUT2D eigenvalue weighted by molar-refractivity contribution is 1.09. The Morgan fingerprint density at radius 1 is 1.50 bits per heavy atom. The molecule has 62 valence electrons. The lowest BCUT2D eigenvalue weighted by Crippen LogP contribution is -1.95. The zero-order valence-electron chi connectivity index (χ0n) is 6.76. The van der Waals surface area contributed by atoms with Crippen LogP contribution in [0, 0.1) is 6.92 Å². The summed E-state index contributed by atoms with van der Waals surface area (Å²) in [6.07, 6.45) is 0. The smallest absolute Gasteiger partial charge is 0.103 e. The van der Waals surface area contributed by atoms with Gasteiger partial charge in [0.05, 0.1) is 6.54 Å². The summed E-state index contributed by atoms with van der Waals surface area (Å²) >= 11 is 2.25. The number of aryl methyl sites for hydroxylation is 1. The number of nitrogens with two attached hydrogens (primary N) is 1. The summed E-state index contributed by atoms with van der Waals surface area (Å²) in [5.41, 5.74) is 10.4. The van der Waals surface area contributed by atoms with E-state index in [1.165, 1.54) is 16.7 Å². The Labute approximate surface area is 85.0 Å². The lowest BCUT2D eigenvalue weighted by Gasteiger charge is -2.04. The number of nitrogens with zero attached hydrogens (tertiary/aromatic N) is 1. The maximum Gasteiger partial charge on any atom is 0.103 e. The van der Waals surface area contributed by atoms with Crippen LogP contribution in [0.5, 0.6) is 0 Å². The van der Waals surface area contributed by atoms with Gasteiger partial charge in [0.1, 0.15) is 3.72 Å². The van der Waals surface area contributed by atoms with E-state index < -0.39 is 0 Å². The van der Waals surface area contributed by atoms with Gasteiger partial charge in [-0.15, -0.1) is 0 Å². The molecule has 0 atom stereocenters. The quantitative estimate of drug-likeness (QED) is 0.571. The van der Waals surface area contributed by atoms with Gasteiger partial charge in [-0.3, -0.25) is 4.99 Å². The second-order valence-corrected chi connectivity index (χ2v) is 3.99. The Bertz CT molecular complexity index is 369. The molecule has 1 aliphatic rings. The number of aliphatic imine (C=N–C) groups is 1. The average Bonchev–Trinajstić information content (AvgIpc) is 2.33. The van der Waals surface area contributed by atoms with Gasteiger partial charge in [0, 0.05) is 11.3 Å². The second kappa shape index (κ2) is 2.73. The molecule has 0 radical (unpaired) electrons. The Morgan fingerprint density at radius 2 is 2.25 bits per heavy atom. The van der Waals surface area contributed by atoms with Crippen molar-refractivity contribution in [1.82, 2.24) is 0 Å². The van der Waals surface area contributed by atoms with Crippen molar-refractivity contribution >= 4 is 32.0 Å². The first-order valence-corrected chi connectivity index (χ1v) is 4.85. The van der Waals surface area contributed by atoms with Gasteiger partial charge in [0.15, 0.2) is 0 Å². The third kappa shape index (κ3) is 1.12. The molecular weight excluding hydrogens is 263 g/mol. The molecule has 1 aromatic carbocycles. The van der Waals surface area contributed by atoms with Crippen LogP contribution in [0.4, 0.5) is 5.69 Å². The largest absolute Gasteiger partial charge is 0.399 e. The third-order valence-electron chi connectivity index (χ3n) is 2.09. The minimum atomic E-state index is 0.819. The number of anilines is 1. The van der Waals surface area contributed by atoms with Crippen molar-refractivity contribution in [1.29, 1.82) is 0 Å². The molecule has 0 unspecified atom stereocenters. The number of hydrogen-bond donors (Lipinski definition) is 1. The lowest BCUT2D eigenvalue weighted by atomic mass is 10.0. The van der Waals surface area contributed by atoms with Crippen LogP contribution < -0.4 is 5.73 Å². The van der Waals surface area contributed by atoms with Gasteiger partial charge in [-0.1, -0.05) is 0 Å². The molecule has 2 nitrogen and oxygen atoms in total. The van der Waals surface area contributed by atoms with Crippen LogP contribution in [-0.2, 0) is 6.54 Å². The molecule has 0 bridgehead atoms. The van der Waals surface area contributed by atoms with Crippen molar-refractivity contribution < 1.29 is 0 Å². The van der Waals surface area contributed by atoms with Crippen molar-refractivity contribution in [2.75, 3.05) is 5.73 Å². The van der Waals surface area contributed by atoms with Crippen molar-refractivity contribution in [2.45, 2.75) is 13.5 Å². The summed E-state index contributed by atoms with van der Waals surface area (Å²) in [6, 6.07) is 4.00. The summed E-state index contributed by atoms with van der Waals surface area (Å²) in [5, 5.41) is 0. The number of benzene rings is 1. The van der Waals surface area contributed by atoms with Gasteiger partial charge >= 0.3 is 0 Å². The SMILES string of the molecule is Cc1cc(N)cc2c1CN=C2I. The summed E-state index contributed by atoms with van der Waals surface area (Å²) < 4.78 is 1.08. The van der Waals surface area contributed by atoms with Crippen LogP contribution in [0.15, 0.2) is 17.1 Å². The van der Waals surface area contributed by atoms with E-state index >= 15 is 0 Å². The van der Waals surface area contributed by atoms with Gasteiger partial charge in [-0.05, 0) is 52.8 Å². The molecule has 1 aliphatic heterocycles. The number of fused-ring (bicyclic) bond motifs is 1. The van der Waals surface area contributed by atoms with Crippen LogP contribution in [0.25, 0.3) is 0 Å². The van der Waals surface area contributed by atoms with Crippen LogP contribution in [0.1, 0.15) is 16.7 Å². The van der Waals surface area contributed by atoms with Gasteiger partial charge in [-0.25, -0.2) is 0 Å². The predicted molar refractivity (Wildman–Crippen MR) is 59.9 cm³/mol. The predicted octanol–water partition coefficient (Wildman–Crippen LogP) is 2.27. The molecule has 2 rings (SSSR count). The number of hydrogen-bond acceptors (Lipinski definition) is 2. The molecule has 0 amide bonds. The average molecular weight is 272 g/mol. The van der Waals surface area contributed by atoms with Crippen molar-refractivity contribution in [3.63, 3.8) is 0 Å². The van der Waals surface area contributed by atoms with E-state index in [1.807, 2.05) is 12.1 Å². The Balaban J connectivity index is 2.67. The zero-order chi connectivity index (χ0) is 8.72. The Kier molecular flexibility index (Phi) is 1.83. The summed E-state index contributed by atoms with van der Waals surface area (Å²) in [6.45, 7) is 2.90. The van der Waals surface area contributed by atoms with Gasteiger partial charge in [0.25, 0.3) is 0 Å². The third-order valence-corrected chi connectivity index (χ3v) is 3.02. The molecule has 0 aromatic heterocycles. The first-order valence-electron chi connectivity index (χ1n) is 3.78.